The highest BCUT2D eigenvalue weighted by Gasteiger charge is 2.35. The standard InChI is InChI=1S/C24H18ClFN4OS2/c1-13-12-17(9-10-18(13)26)30-14(2)20(23-28-22(29-31-23)19-4-3-11-33-19)21(27-24(30)32)15-5-7-16(25)8-6-15/h3-12,21H,1-2H3,(H,27,32). The maximum absolute atomic E-state index is 13.9. The van der Waals surface area contributed by atoms with Gasteiger partial charge < -0.3 is 9.84 Å². The number of thiocarbonyl (C=S) groups is 1. The van der Waals surface area contributed by atoms with Gasteiger partial charge in [-0.05, 0) is 79.0 Å². The van der Waals surface area contributed by atoms with E-state index in [-0.39, 0.29) is 11.9 Å². The number of nitrogens with zero attached hydrogens (tertiary/aromatic N) is 3. The third-order valence-electron chi connectivity index (χ3n) is 5.49. The van der Waals surface area contributed by atoms with Gasteiger partial charge in [0.05, 0.1) is 16.5 Å². The van der Waals surface area contributed by atoms with E-state index >= 15 is 0 Å². The summed E-state index contributed by atoms with van der Waals surface area (Å²) in [6.45, 7) is 3.67. The maximum Gasteiger partial charge on any atom is 0.258 e. The topological polar surface area (TPSA) is 54.2 Å². The molecule has 0 radical (unpaired) electrons. The van der Waals surface area contributed by atoms with E-state index in [1.807, 2.05) is 53.6 Å². The van der Waals surface area contributed by atoms with Crippen molar-refractivity contribution in [2.75, 3.05) is 4.90 Å². The van der Waals surface area contributed by atoms with Gasteiger partial charge in [-0.1, -0.05) is 35.0 Å². The highest BCUT2D eigenvalue weighted by Crippen LogP contribution is 2.39. The zero-order valence-electron chi connectivity index (χ0n) is 17.7. The van der Waals surface area contributed by atoms with Crippen LogP contribution in [0, 0.1) is 12.7 Å². The second-order valence-electron chi connectivity index (χ2n) is 7.60. The number of aryl methyl sites for hydroxylation is 1. The van der Waals surface area contributed by atoms with E-state index in [4.69, 9.17) is 28.3 Å². The van der Waals surface area contributed by atoms with Gasteiger partial charge in [-0.3, -0.25) is 4.90 Å². The minimum atomic E-state index is -0.329. The van der Waals surface area contributed by atoms with Crippen molar-refractivity contribution in [3.8, 4) is 10.7 Å². The summed E-state index contributed by atoms with van der Waals surface area (Å²) in [5, 5.41) is 10.7. The van der Waals surface area contributed by atoms with Gasteiger partial charge in [-0.2, -0.15) is 4.98 Å². The molecule has 1 unspecified atom stereocenters. The molecule has 5 nitrogen and oxygen atoms in total. The van der Waals surface area contributed by atoms with E-state index in [0.717, 1.165) is 27.4 Å². The summed E-state index contributed by atoms with van der Waals surface area (Å²) in [7, 11) is 0. The van der Waals surface area contributed by atoms with Gasteiger partial charge in [-0.25, -0.2) is 4.39 Å². The van der Waals surface area contributed by atoms with Crippen LogP contribution in [0.4, 0.5) is 10.1 Å². The van der Waals surface area contributed by atoms with Gasteiger partial charge in [-0.15, -0.1) is 11.3 Å². The molecule has 166 valence electrons. The predicted molar refractivity (Wildman–Crippen MR) is 134 cm³/mol. The normalized spacial score (nSPS) is 16.3. The molecule has 9 heteroatoms. The summed E-state index contributed by atoms with van der Waals surface area (Å²) in [6, 6.07) is 16.0. The fourth-order valence-corrected chi connectivity index (χ4v) is 4.98. The number of halogens is 2. The Balaban J connectivity index is 1.67. The lowest BCUT2D eigenvalue weighted by Crippen LogP contribution is -2.46. The zero-order chi connectivity index (χ0) is 23.1. The minimum absolute atomic E-state index is 0.270. The Bertz CT molecular complexity index is 1370. The molecular formula is C24H18ClFN4OS2. The molecule has 1 aliphatic heterocycles. The quantitative estimate of drug-likeness (QED) is 0.315. The Morgan fingerprint density at radius 3 is 2.64 bits per heavy atom. The van der Waals surface area contributed by atoms with E-state index in [1.165, 1.54) is 17.4 Å². The molecule has 1 N–H and O–H groups in total. The van der Waals surface area contributed by atoms with Crippen molar-refractivity contribution in [3.63, 3.8) is 0 Å². The van der Waals surface area contributed by atoms with E-state index < -0.39 is 0 Å². The average Bonchev–Trinajstić information content (AvgIpc) is 3.48. The number of thiophene rings is 1. The number of hydrogen-bond donors (Lipinski definition) is 1. The number of nitrogens with one attached hydrogen (secondary N) is 1. The summed E-state index contributed by atoms with van der Waals surface area (Å²) in [4.78, 5) is 7.46. The van der Waals surface area contributed by atoms with E-state index in [1.54, 1.807) is 19.1 Å². The number of rotatable bonds is 4. The second-order valence-corrected chi connectivity index (χ2v) is 9.37. The SMILES string of the molecule is CC1=C(c2nc(-c3cccs3)no2)C(c2ccc(Cl)cc2)NC(=S)N1c1ccc(F)c(C)c1. The summed E-state index contributed by atoms with van der Waals surface area (Å²) < 4.78 is 19.7. The van der Waals surface area contributed by atoms with Crippen LogP contribution in [0.3, 0.4) is 0 Å². The fourth-order valence-electron chi connectivity index (χ4n) is 3.84. The predicted octanol–water partition coefficient (Wildman–Crippen LogP) is 6.77. The van der Waals surface area contributed by atoms with Crippen molar-refractivity contribution in [2.45, 2.75) is 19.9 Å². The number of hydrogen-bond acceptors (Lipinski definition) is 5. The molecule has 1 aliphatic rings. The van der Waals surface area contributed by atoms with Crippen LogP contribution in [0.5, 0.6) is 0 Å². The van der Waals surface area contributed by atoms with Crippen LogP contribution >= 0.6 is 35.2 Å². The van der Waals surface area contributed by atoms with Gasteiger partial charge in [0.15, 0.2) is 5.11 Å². The highest BCUT2D eigenvalue weighted by atomic mass is 35.5. The highest BCUT2D eigenvalue weighted by molar-refractivity contribution is 7.80. The van der Waals surface area contributed by atoms with Crippen molar-refractivity contribution in [3.05, 3.63) is 93.5 Å². The Labute approximate surface area is 204 Å². The number of anilines is 1. The molecule has 0 aliphatic carbocycles. The Hall–Kier alpha value is -3.07. The van der Waals surface area contributed by atoms with Crippen molar-refractivity contribution in [1.29, 1.82) is 0 Å². The molecule has 33 heavy (non-hydrogen) atoms. The molecule has 0 saturated heterocycles. The van der Waals surface area contributed by atoms with Crippen LogP contribution in [0.25, 0.3) is 16.3 Å². The Morgan fingerprint density at radius 1 is 1.15 bits per heavy atom. The molecule has 0 spiro atoms. The molecule has 2 aromatic carbocycles. The van der Waals surface area contributed by atoms with Crippen molar-refractivity contribution >= 4 is 51.5 Å². The molecule has 0 amide bonds. The molecule has 0 bridgehead atoms. The molecule has 5 rings (SSSR count). The molecule has 2 aromatic heterocycles. The van der Waals surface area contributed by atoms with Gasteiger partial charge in [0.25, 0.3) is 5.89 Å². The van der Waals surface area contributed by atoms with Crippen LogP contribution in [0.1, 0.15) is 30.0 Å². The lowest BCUT2D eigenvalue weighted by atomic mass is 9.94. The third-order valence-corrected chi connectivity index (χ3v) is 6.90. The van der Waals surface area contributed by atoms with Crippen LogP contribution in [-0.2, 0) is 0 Å². The third kappa shape index (κ3) is 4.06. The van der Waals surface area contributed by atoms with Crippen molar-refractivity contribution in [1.82, 2.24) is 15.5 Å². The van der Waals surface area contributed by atoms with Gasteiger partial charge >= 0.3 is 0 Å². The number of aromatic nitrogens is 2. The van der Waals surface area contributed by atoms with Crippen molar-refractivity contribution < 1.29 is 8.91 Å². The summed E-state index contributed by atoms with van der Waals surface area (Å²) >= 11 is 13.4. The molecule has 4 aromatic rings. The molecule has 1 atom stereocenters. The molecular weight excluding hydrogens is 479 g/mol. The van der Waals surface area contributed by atoms with Crippen LogP contribution in [-0.4, -0.2) is 15.3 Å². The van der Waals surface area contributed by atoms with Crippen LogP contribution in [0.15, 0.2) is 70.2 Å². The first-order chi connectivity index (χ1) is 15.9. The van der Waals surface area contributed by atoms with E-state index in [9.17, 15) is 4.39 Å². The van der Waals surface area contributed by atoms with Crippen LogP contribution in [0.2, 0.25) is 5.02 Å². The maximum atomic E-state index is 13.9. The van der Waals surface area contributed by atoms with Crippen molar-refractivity contribution in [2.24, 2.45) is 0 Å². The fraction of sp³-hybridized carbons (Fsp3) is 0.125. The van der Waals surface area contributed by atoms with Gasteiger partial charge in [0.2, 0.25) is 5.82 Å². The number of allylic oxidation sites excluding steroid dienone is 1. The summed E-state index contributed by atoms with van der Waals surface area (Å²) in [5.41, 5.74) is 3.81. The first-order valence-corrected chi connectivity index (χ1v) is 11.8. The smallest absolute Gasteiger partial charge is 0.258 e. The minimum Gasteiger partial charge on any atom is -0.351 e. The summed E-state index contributed by atoms with van der Waals surface area (Å²) in [5.74, 6) is 0.634. The lowest BCUT2D eigenvalue weighted by molar-refractivity contribution is 0.404. The average molecular weight is 497 g/mol. The van der Waals surface area contributed by atoms with E-state index in [2.05, 4.69) is 15.5 Å². The molecule has 0 saturated carbocycles. The summed E-state index contributed by atoms with van der Waals surface area (Å²) in [6.07, 6.45) is 0. The Kier molecular flexibility index (Phi) is 5.74. The lowest BCUT2D eigenvalue weighted by Gasteiger charge is -2.37. The van der Waals surface area contributed by atoms with E-state index in [0.29, 0.717) is 27.4 Å². The first kappa shape index (κ1) is 21.8. The monoisotopic (exact) mass is 496 g/mol. The van der Waals surface area contributed by atoms with Gasteiger partial charge in [0, 0.05) is 16.4 Å². The number of benzene rings is 2. The molecule has 0 fully saturated rings. The van der Waals surface area contributed by atoms with Gasteiger partial charge in [0.1, 0.15) is 5.82 Å². The second kappa shape index (κ2) is 8.70. The zero-order valence-corrected chi connectivity index (χ0v) is 20.1. The Morgan fingerprint density at radius 2 is 1.94 bits per heavy atom. The first-order valence-electron chi connectivity index (χ1n) is 10.1. The van der Waals surface area contributed by atoms with Crippen LogP contribution < -0.4 is 10.2 Å². The largest absolute Gasteiger partial charge is 0.351 e. The molecule has 3 heterocycles.